The monoisotopic (exact) mass is 221 g/mol. The van der Waals surface area contributed by atoms with Crippen molar-refractivity contribution in [1.29, 1.82) is 0 Å². The van der Waals surface area contributed by atoms with Crippen LogP contribution in [0.3, 0.4) is 0 Å². The number of carbonyl (C=O) groups excluding carboxylic acids is 1. The van der Waals surface area contributed by atoms with Crippen LogP contribution < -0.4 is 5.32 Å². The number of hydrogen-bond donors (Lipinski definition) is 2. The molecule has 0 spiro atoms. The smallest absolute Gasteiger partial charge is 0.407 e. The Morgan fingerprint density at radius 3 is 2.88 bits per heavy atom. The first kappa shape index (κ1) is 10.5. The van der Waals surface area contributed by atoms with E-state index in [2.05, 4.69) is 5.32 Å². The van der Waals surface area contributed by atoms with Crippen molar-refractivity contribution in [1.82, 2.24) is 5.32 Å². The normalized spacial score (nSPS) is 19.8. The zero-order valence-electron chi connectivity index (χ0n) is 8.47. The summed E-state index contributed by atoms with van der Waals surface area (Å²) in [4.78, 5) is 22.0. The Kier molecular flexibility index (Phi) is 2.76. The molecule has 1 fully saturated rings. The molecule has 1 aliphatic heterocycles. The lowest BCUT2D eigenvalue weighted by Crippen LogP contribution is -2.36. The Balaban J connectivity index is 2.32. The molecule has 84 valence electrons. The van der Waals surface area contributed by atoms with Crippen LogP contribution in [-0.2, 0) is 4.74 Å². The molecule has 1 aliphatic rings. The summed E-state index contributed by atoms with van der Waals surface area (Å²) >= 11 is 0. The lowest BCUT2D eigenvalue weighted by molar-refractivity contribution is 0.0691. The number of ether oxygens (including phenoxy) is 1. The molecule has 0 radical (unpaired) electrons. The van der Waals surface area contributed by atoms with Crippen molar-refractivity contribution in [2.75, 3.05) is 6.61 Å². The van der Waals surface area contributed by atoms with Gasteiger partial charge in [0, 0.05) is 6.42 Å². The number of carboxylic acids is 1. The fraction of sp³-hybridized carbons (Fsp3) is 0.273. The second-order valence-electron chi connectivity index (χ2n) is 3.51. The largest absolute Gasteiger partial charge is 0.478 e. The molecule has 5 nitrogen and oxygen atoms in total. The van der Waals surface area contributed by atoms with Gasteiger partial charge in [-0.15, -0.1) is 0 Å². The number of benzene rings is 1. The van der Waals surface area contributed by atoms with Crippen LogP contribution >= 0.6 is 0 Å². The van der Waals surface area contributed by atoms with Crippen molar-refractivity contribution in [3.05, 3.63) is 35.4 Å². The molecular weight excluding hydrogens is 210 g/mol. The molecule has 1 atom stereocenters. The van der Waals surface area contributed by atoms with E-state index in [-0.39, 0.29) is 11.6 Å². The van der Waals surface area contributed by atoms with Crippen LogP contribution in [0.1, 0.15) is 28.4 Å². The third-order valence-corrected chi connectivity index (χ3v) is 2.50. The zero-order chi connectivity index (χ0) is 11.5. The first-order valence-corrected chi connectivity index (χ1v) is 4.94. The molecule has 1 heterocycles. The molecule has 1 aromatic carbocycles. The number of carbonyl (C=O) groups is 2. The fourth-order valence-corrected chi connectivity index (χ4v) is 1.75. The highest BCUT2D eigenvalue weighted by molar-refractivity contribution is 5.89. The Morgan fingerprint density at radius 1 is 1.44 bits per heavy atom. The van der Waals surface area contributed by atoms with Gasteiger partial charge < -0.3 is 15.2 Å². The summed E-state index contributed by atoms with van der Waals surface area (Å²) in [6.45, 7) is 0.310. The van der Waals surface area contributed by atoms with Crippen molar-refractivity contribution < 1.29 is 19.4 Å². The Morgan fingerprint density at radius 2 is 2.19 bits per heavy atom. The van der Waals surface area contributed by atoms with Gasteiger partial charge in [-0.2, -0.15) is 0 Å². The van der Waals surface area contributed by atoms with Crippen LogP contribution in [0.15, 0.2) is 24.3 Å². The van der Waals surface area contributed by atoms with Gasteiger partial charge in [0.05, 0.1) is 18.2 Å². The van der Waals surface area contributed by atoms with E-state index in [4.69, 9.17) is 9.84 Å². The van der Waals surface area contributed by atoms with E-state index >= 15 is 0 Å². The van der Waals surface area contributed by atoms with Crippen LogP contribution in [0.5, 0.6) is 0 Å². The van der Waals surface area contributed by atoms with Crippen LogP contribution in [0.4, 0.5) is 4.79 Å². The molecule has 0 bridgehead atoms. The highest BCUT2D eigenvalue weighted by atomic mass is 16.5. The second kappa shape index (κ2) is 4.22. The maximum absolute atomic E-state index is 11.0. The van der Waals surface area contributed by atoms with Crippen molar-refractivity contribution >= 4 is 12.1 Å². The summed E-state index contributed by atoms with van der Waals surface area (Å²) in [5.41, 5.74) is 0.835. The predicted octanol–water partition coefficient (Wildman–Crippen LogP) is 1.56. The Hall–Kier alpha value is -2.04. The van der Waals surface area contributed by atoms with E-state index in [1.54, 1.807) is 18.2 Å². The molecule has 0 aromatic heterocycles. The van der Waals surface area contributed by atoms with Crippen LogP contribution in [0.2, 0.25) is 0 Å². The minimum atomic E-state index is -0.989. The van der Waals surface area contributed by atoms with Crippen LogP contribution in [-0.4, -0.2) is 23.8 Å². The van der Waals surface area contributed by atoms with E-state index in [9.17, 15) is 9.59 Å². The highest BCUT2D eigenvalue weighted by Crippen LogP contribution is 2.23. The van der Waals surface area contributed by atoms with Crippen molar-refractivity contribution in [3.63, 3.8) is 0 Å². The van der Waals surface area contributed by atoms with Gasteiger partial charge in [0.15, 0.2) is 0 Å². The van der Waals surface area contributed by atoms with E-state index < -0.39 is 12.1 Å². The average Bonchev–Trinajstić information content (AvgIpc) is 2.29. The minimum absolute atomic E-state index is 0.217. The average molecular weight is 221 g/mol. The van der Waals surface area contributed by atoms with Gasteiger partial charge in [0.1, 0.15) is 0 Å². The van der Waals surface area contributed by atoms with Crippen molar-refractivity contribution in [2.24, 2.45) is 0 Å². The third kappa shape index (κ3) is 1.98. The molecule has 16 heavy (non-hydrogen) atoms. The molecule has 0 saturated carbocycles. The quantitative estimate of drug-likeness (QED) is 0.794. The molecule has 1 amide bonds. The van der Waals surface area contributed by atoms with Gasteiger partial charge in [-0.1, -0.05) is 18.2 Å². The predicted molar refractivity (Wildman–Crippen MR) is 55.2 cm³/mol. The number of hydrogen-bond acceptors (Lipinski definition) is 3. The fourth-order valence-electron chi connectivity index (χ4n) is 1.75. The Labute approximate surface area is 92.0 Å². The van der Waals surface area contributed by atoms with Crippen LogP contribution in [0.25, 0.3) is 0 Å². The van der Waals surface area contributed by atoms with Crippen LogP contribution in [0, 0.1) is 0 Å². The van der Waals surface area contributed by atoms with E-state index in [0.717, 1.165) is 0 Å². The summed E-state index contributed by atoms with van der Waals surface area (Å²) in [6.07, 6.45) is 0.0761. The molecule has 0 aliphatic carbocycles. The molecule has 1 aromatic rings. The molecule has 0 unspecified atom stereocenters. The maximum Gasteiger partial charge on any atom is 0.407 e. The molecule has 2 N–H and O–H groups in total. The number of cyclic esters (lactones) is 1. The first-order valence-electron chi connectivity index (χ1n) is 4.94. The zero-order valence-corrected chi connectivity index (χ0v) is 8.47. The minimum Gasteiger partial charge on any atom is -0.478 e. The second-order valence-corrected chi connectivity index (χ2v) is 3.51. The van der Waals surface area contributed by atoms with Gasteiger partial charge in [-0.05, 0) is 11.6 Å². The number of amides is 1. The van der Waals surface area contributed by atoms with E-state index in [1.165, 1.54) is 6.07 Å². The van der Waals surface area contributed by atoms with Crippen molar-refractivity contribution in [3.8, 4) is 0 Å². The summed E-state index contributed by atoms with van der Waals surface area (Å²) in [7, 11) is 0. The topological polar surface area (TPSA) is 75.6 Å². The number of aromatic carboxylic acids is 1. The molecular formula is C11H11NO4. The number of carboxylic acid groups (broad SMARTS) is 1. The number of nitrogens with one attached hydrogen (secondary N) is 1. The standard InChI is InChI=1S/C11H11NO4/c13-10(14)8-4-2-1-3-7(8)9-5-6-16-11(15)12-9/h1-4,9H,5-6H2,(H,12,15)(H,13,14)/t9-/m0/s1. The lowest BCUT2D eigenvalue weighted by Gasteiger charge is -2.24. The summed E-state index contributed by atoms with van der Waals surface area (Å²) < 4.78 is 4.73. The van der Waals surface area contributed by atoms with E-state index in [0.29, 0.717) is 18.6 Å². The molecule has 1 saturated heterocycles. The van der Waals surface area contributed by atoms with E-state index in [1.807, 2.05) is 0 Å². The van der Waals surface area contributed by atoms with Gasteiger partial charge in [0.2, 0.25) is 0 Å². The first-order chi connectivity index (χ1) is 7.68. The molecule has 5 heteroatoms. The van der Waals surface area contributed by atoms with Gasteiger partial charge >= 0.3 is 12.1 Å². The third-order valence-electron chi connectivity index (χ3n) is 2.50. The van der Waals surface area contributed by atoms with Gasteiger partial charge in [0.25, 0.3) is 0 Å². The molecule has 2 rings (SSSR count). The van der Waals surface area contributed by atoms with Gasteiger partial charge in [-0.25, -0.2) is 9.59 Å². The lowest BCUT2D eigenvalue weighted by atomic mass is 9.98. The van der Waals surface area contributed by atoms with Crippen molar-refractivity contribution in [2.45, 2.75) is 12.5 Å². The van der Waals surface area contributed by atoms with Gasteiger partial charge in [-0.3, -0.25) is 0 Å². The maximum atomic E-state index is 11.0. The summed E-state index contributed by atoms with van der Waals surface area (Å²) in [5.74, 6) is -0.989. The highest BCUT2D eigenvalue weighted by Gasteiger charge is 2.24. The Bertz CT molecular complexity index is 430. The number of alkyl carbamates (subject to hydrolysis) is 1. The SMILES string of the molecule is O=C1N[C@H](c2ccccc2C(=O)O)CCO1. The number of rotatable bonds is 2. The summed E-state index contributed by atoms with van der Waals surface area (Å²) in [5, 5.41) is 11.6. The summed E-state index contributed by atoms with van der Waals surface area (Å²) in [6, 6.07) is 6.37.